The number of carbonyl (C=O) groups excluding carboxylic acids is 1. The Morgan fingerprint density at radius 2 is 1.56 bits per heavy atom. The van der Waals surface area contributed by atoms with Crippen molar-refractivity contribution in [2.24, 2.45) is 0 Å². The summed E-state index contributed by atoms with van der Waals surface area (Å²) in [6, 6.07) is 26.6. The lowest BCUT2D eigenvalue weighted by Crippen LogP contribution is -2.58. The maximum atomic E-state index is 14.1. The summed E-state index contributed by atoms with van der Waals surface area (Å²) in [5, 5.41) is 5.07. The van der Waals surface area contributed by atoms with Gasteiger partial charge in [-0.3, -0.25) is 9.59 Å². The normalized spacial score (nSPS) is 17.7. The first-order chi connectivity index (χ1) is 20.1. The van der Waals surface area contributed by atoms with E-state index in [0.717, 1.165) is 36.8 Å². The van der Waals surface area contributed by atoms with Gasteiger partial charge in [-0.05, 0) is 55.0 Å². The summed E-state index contributed by atoms with van der Waals surface area (Å²) < 4.78 is 7.80. The van der Waals surface area contributed by atoms with Crippen LogP contribution >= 0.6 is 11.6 Å². The molecule has 1 aliphatic carbocycles. The Bertz CT molecular complexity index is 1550. The van der Waals surface area contributed by atoms with Crippen LogP contribution in [0.2, 0.25) is 5.02 Å². The summed E-state index contributed by atoms with van der Waals surface area (Å²) in [4.78, 5) is 32.0. The summed E-state index contributed by atoms with van der Waals surface area (Å²) in [6.07, 6.45) is 6.07. The molecule has 3 aromatic carbocycles. The average molecular weight is 569 g/mol. The molecule has 1 saturated carbocycles. The second-order valence-corrected chi connectivity index (χ2v) is 11.2. The van der Waals surface area contributed by atoms with Crippen molar-refractivity contribution in [1.82, 2.24) is 14.7 Å². The van der Waals surface area contributed by atoms with Gasteiger partial charge in [0.25, 0.3) is 0 Å². The number of hydrogen-bond donors (Lipinski definition) is 0. The van der Waals surface area contributed by atoms with E-state index in [2.05, 4.69) is 5.10 Å². The van der Waals surface area contributed by atoms with E-state index in [-0.39, 0.29) is 23.3 Å². The minimum absolute atomic E-state index is 0.0230. The Morgan fingerprint density at radius 3 is 2.27 bits per heavy atom. The number of benzene rings is 3. The number of rotatable bonds is 8. The first kappa shape index (κ1) is 27.1. The molecule has 1 aliphatic heterocycles. The summed E-state index contributed by atoms with van der Waals surface area (Å²) in [5.74, 6) is 0.268. The third-order valence-electron chi connectivity index (χ3n) is 7.94. The maximum absolute atomic E-state index is 14.1. The minimum Gasteiger partial charge on any atom is -0.483 e. The standard InChI is InChI=1S/C33H33ClN4O3/c34-26-14-9-15-27(21-26)38-33(40)31(41-28-16-7-8-17-28)30(22-35-38)37-19-18-36(23-25-12-5-2-6-13-25)32(39)29(37)20-24-10-3-1-4-11-24/h1-6,9-15,21-22,28-29H,7-8,16-20,23H2. The van der Waals surface area contributed by atoms with E-state index in [0.29, 0.717) is 42.5 Å². The number of carbonyl (C=O) groups is 1. The van der Waals surface area contributed by atoms with Crippen LogP contribution in [0.4, 0.5) is 5.69 Å². The van der Waals surface area contributed by atoms with Crippen LogP contribution in [0.3, 0.4) is 0 Å². The molecule has 0 radical (unpaired) electrons. The van der Waals surface area contributed by atoms with Gasteiger partial charge in [-0.1, -0.05) is 78.3 Å². The molecule has 1 unspecified atom stereocenters. The van der Waals surface area contributed by atoms with Crippen LogP contribution in [0.1, 0.15) is 36.8 Å². The van der Waals surface area contributed by atoms with Crippen molar-refractivity contribution >= 4 is 23.2 Å². The SMILES string of the molecule is O=C1C(Cc2ccccc2)N(c2cnn(-c3cccc(Cl)c3)c(=O)c2OC2CCCC2)CCN1Cc1ccccc1. The molecule has 1 saturated heterocycles. The molecule has 41 heavy (non-hydrogen) atoms. The van der Waals surface area contributed by atoms with Crippen molar-refractivity contribution in [3.8, 4) is 11.4 Å². The number of halogens is 1. The smallest absolute Gasteiger partial charge is 0.316 e. The van der Waals surface area contributed by atoms with E-state index in [1.807, 2.05) is 70.5 Å². The summed E-state index contributed by atoms with van der Waals surface area (Å²) >= 11 is 6.24. The molecule has 2 fully saturated rings. The van der Waals surface area contributed by atoms with E-state index in [1.54, 1.807) is 30.5 Å². The molecule has 2 heterocycles. The predicted octanol–water partition coefficient (Wildman–Crippen LogP) is 5.67. The number of amides is 1. The quantitative estimate of drug-likeness (QED) is 0.274. The summed E-state index contributed by atoms with van der Waals surface area (Å²) in [5.41, 5.74) is 2.91. The van der Waals surface area contributed by atoms with Crippen molar-refractivity contribution in [1.29, 1.82) is 0 Å². The van der Waals surface area contributed by atoms with Gasteiger partial charge in [-0.25, -0.2) is 0 Å². The summed E-state index contributed by atoms with van der Waals surface area (Å²) in [7, 11) is 0. The van der Waals surface area contributed by atoms with E-state index in [1.165, 1.54) is 4.68 Å². The zero-order valence-corrected chi connectivity index (χ0v) is 23.6. The zero-order chi connectivity index (χ0) is 28.2. The summed E-state index contributed by atoms with van der Waals surface area (Å²) in [6.45, 7) is 1.62. The molecule has 1 aromatic heterocycles. The topological polar surface area (TPSA) is 67.7 Å². The van der Waals surface area contributed by atoms with Crippen LogP contribution < -0.4 is 15.2 Å². The average Bonchev–Trinajstić information content (AvgIpc) is 3.51. The van der Waals surface area contributed by atoms with Crippen LogP contribution in [0.25, 0.3) is 5.69 Å². The Kier molecular flexibility index (Phi) is 8.05. The molecule has 1 amide bonds. The van der Waals surface area contributed by atoms with Crippen molar-refractivity contribution in [2.45, 2.75) is 50.8 Å². The molecule has 7 nitrogen and oxygen atoms in total. The molecule has 6 rings (SSSR count). The van der Waals surface area contributed by atoms with Gasteiger partial charge in [0.2, 0.25) is 11.7 Å². The lowest BCUT2D eigenvalue weighted by atomic mass is 10.00. The fourth-order valence-corrected chi connectivity index (χ4v) is 6.02. The van der Waals surface area contributed by atoms with Gasteiger partial charge in [-0.15, -0.1) is 0 Å². The number of hydrogen-bond acceptors (Lipinski definition) is 5. The lowest BCUT2D eigenvalue weighted by molar-refractivity contribution is -0.135. The van der Waals surface area contributed by atoms with Crippen LogP contribution in [0.5, 0.6) is 5.75 Å². The molecule has 2 aliphatic rings. The molecule has 1 atom stereocenters. The monoisotopic (exact) mass is 568 g/mol. The highest BCUT2D eigenvalue weighted by Crippen LogP contribution is 2.33. The third kappa shape index (κ3) is 6.00. The molecule has 0 bridgehead atoms. The van der Waals surface area contributed by atoms with Gasteiger partial charge in [0.15, 0.2) is 0 Å². The Hall–Kier alpha value is -4.10. The third-order valence-corrected chi connectivity index (χ3v) is 8.17. The van der Waals surface area contributed by atoms with E-state index < -0.39 is 6.04 Å². The predicted molar refractivity (Wildman–Crippen MR) is 161 cm³/mol. The van der Waals surface area contributed by atoms with Gasteiger partial charge in [0.05, 0.1) is 18.0 Å². The highest BCUT2D eigenvalue weighted by Gasteiger charge is 2.37. The van der Waals surface area contributed by atoms with Crippen molar-refractivity contribution in [2.75, 3.05) is 18.0 Å². The highest BCUT2D eigenvalue weighted by atomic mass is 35.5. The Morgan fingerprint density at radius 1 is 0.854 bits per heavy atom. The highest BCUT2D eigenvalue weighted by molar-refractivity contribution is 6.30. The fourth-order valence-electron chi connectivity index (χ4n) is 5.83. The second kappa shape index (κ2) is 12.2. The van der Waals surface area contributed by atoms with E-state index >= 15 is 0 Å². The van der Waals surface area contributed by atoms with Gasteiger partial charge in [0.1, 0.15) is 11.7 Å². The molecule has 0 N–H and O–H groups in total. The first-order valence-corrected chi connectivity index (χ1v) is 14.6. The van der Waals surface area contributed by atoms with Gasteiger partial charge in [-0.2, -0.15) is 9.78 Å². The molecule has 0 spiro atoms. The number of ether oxygens (including phenoxy) is 1. The molecule has 210 valence electrons. The van der Waals surface area contributed by atoms with E-state index in [4.69, 9.17) is 16.3 Å². The Labute approximate surface area is 244 Å². The first-order valence-electron chi connectivity index (χ1n) is 14.2. The van der Waals surface area contributed by atoms with Gasteiger partial charge in [0, 0.05) is 31.1 Å². The second-order valence-electron chi connectivity index (χ2n) is 10.7. The molecule has 4 aromatic rings. The molecular weight excluding hydrogens is 536 g/mol. The van der Waals surface area contributed by atoms with Gasteiger partial charge >= 0.3 is 5.56 Å². The van der Waals surface area contributed by atoms with Crippen LogP contribution in [-0.2, 0) is 17.8 Å². The number of anilines is 1. The van der Waals surface area contributed by atoms with Crippen molar-refractivity contribution in [3.63, 3.8) is 0 Å². The Balaban J connectivity index is 1.40. The lowest BCUT2D eigenvalue weighted by Gasteiger charge is -2.42. The maximum Gasteiger partial charge on any atom is 0.316 e. The fraction of sp³-hybridized carbons (Fsp3) is 0.303. The molecular formula is C33H33ClN4O3. The molecule has 8 heteroatoms. The number of piperazine rings is 1. The van der Waals surface area contributed by atoms with E-state index in [9.17, 15) is 9.59 Å². The number of nitrogens with zero attached hydrogens (tertiary/aromatic N) is 4. The van der Waals surface area contributed by atoms with Crippen LogP contribution in [0.15, 0.2) is 95.9 Å². The largest absolute Gasteiger partial charge is 0.483 e. The van der Waals surface area contributed by atoms with Gasteiger partial charge < -0.3 is 14.5 Å². The minimum atomic E-state index is -0.510. The van der Waals surface area contributed by atoms with Crippen LogP contribution in [-0.4, -0.2) is 45.8 Å². The van der Waals surface area contributed by atoms with Crippen LogP contribution in [0, 0.1) is 0 Å². The van der Waals surface area contributed by atoms with Crippen molar-refractivity contribution < 1.29 is 9.53 Å². The van der Waals surface area contributed by atoms with Crippen molar-refractivity contribution in [3.05, 3.63) is 118 Å². The number of aromatic nitrogens is 2. The zero-order valence-electron chi connectivity index (χ0n) is 22.9.